The summed E-state index contributed by atoms with van der Waals surface area (Å²) in [5, 5.41) is 136. The van der Waals surface area contributed by atoms with Crippen LogP contribution in [-0.4, -0.2) is 209 Å². The summed E-state index contributed by atoms with van der Waals surface area (Å²) in [5.41, 5.74) is 0. The van der Waals surface area contributed by atoms with Gasteiger partial charge in [0.25, 0.3) is 5.79 Å². The van der Waals surface area contributed by atoms with E-state index in [0.29, 0.717) is 0 Å². The van der Waals surface area contributed by atoms with Crippen molar-refractivity contribution in [1.29, 1.82) is 0 Å². The molecule has 0 aromatic heterocycles. The predicted octanol–water partition coefficient (Wildman–Crippen LogP) is -9.47. The van der Waals surface area contributed by atoms with Crippen molar-refractivity contribution >= 4 is 17.8 Å². The van der Waals surface area contributed by atoms with Gasteiger partial charge in [0.05, 0.1) is 44.6 Å². The summed E-state index contributed by atoms with van der Waals surface area (Å²) in [5.74, 6) is -6.68. The van der Waals surface area contributed by atoms with Gasteiger partial charge < -0.3 is 96.0 Å². The number of ether oxygens (including phenoxy) is 4. The van der Waals surface area contributed by atoms with E-state index in [9.17, 15) is 75.7 Å². The van der Waals surface area contributed by atoms with Gasteiger partial charge in [0.15, 0.2) is 6.29 Å². The van der Waals surface area contributed by atoms with Gasteiger partial charge in [0.1, 0.15) is 67.6 Å². The molecule has 0 saturated carbocycles. The highest BCUT2D eigenvalue weighted by molar-refractivity contribution is 5.78. The van der Waals surface area contributed by atoms with E-state index in [1.165, 1.54) is 0 Å². The van der Waals surface area contributed by atoms with Crippen molar-refractivity contribution in [3.63, 3.8) is 0 Å². The zero-order chi connectivity index (χ0) is 35.8. The molecular weight excluding hydrogens is 648 g/mol. The highest BCUT2D eigenvalue weighted by atomic mass is 16.7. The lowest BCUT2D eigenvalue weighted by atomic mass is 9.88. The molecule has 274 valence electrons. The average molecular weight is 693 g/mol. The molecule has 2 amide bonds. The van der Waals surface area contributed by atoms with Gasteiger partial charge in [-0.15, -0.1) is 0 Å². The second-order valence-corrected chi connectivity index (χ2v) is 11.1. The van der Waals surface area contributed by atoms with Crippen LogP contribution in [0, 0.1) is 0 Å². The van der Waals surface area contributed by atoms with Crippen LogP contribution < -0.4 is 10.6 Å². The minimum absolute atomic E-state index is 0.713. The third kappa shape index (κ3) is 9.91. The number of hydrogen-bond acceptors (Lipinski definition) is 19. The Morgan fingerprint density at radius 1 is 0.915 bits per heavy atom. The summed E-state index contributed by atoms with van der Waals surface area (Å²) >= 11 is 0. The first-order valence-corrected chi connectivity index (χ1v) is 14.3. The van der Waals surface area contributed by atoms with Crippen molar-refractivity contribution in [2.24, 2.45) is 0 Å². The highest BCUT2D eigenvalue weighted by Gasteiger charge is 2.57. The van der Waals surface area contributed by atoms with E-state index in [2.05, 4.69) is 10.6 Å². The van der Waals surface area contributed by atoms with Gasteiger partial charge in [-0.05, 0) is 0 Å². The number of amides is 2. The van der Waals surface area contributed by atoms with E-state index in [1.54, 1.807) is 0 Å². The van der Waals surface area contributed by atoms with E-state index < -0.39 is 149 Å². The molecule has 2 heterocycles. The Morgan fingerprint density at radius 2 is 1.53 bits per heavy atom. The quantitative estimate of drug-likeness (QED) is 0.0672. The molecule has 2 fully saturated rings. The van der Waals surface area contributed by atoms with Crippen LogP contribution in [0.1, 0.15) is 13.3 Å². The number of aliphatic carboxylic acids is 1. The first kappa shape index (κ1) is 40.9. The molecular formula is C25H44N2O20. The molecule has 47 heavy (non-hydrogen) atoms. The zero-order valence-corrected chi connectivity index (χ0v) is 25.0. The monoisotopic (exact) mass is 692 g/mol. The molecule has 22 nitrogen and oxygen atoms in total. The molecule has 15 atom stereocenters. The molecule has 0 bridgehead atoms. The first-order chi connectivity index (χ1) is 22.0. The van der Waals surface area contributed by atoms with Crippen LogP contribution >= 0.6 is 0 Å². The normalized spacial score (nSPS) is 35.2. The van der Waals surface area contributed by atoms with Crippen molar-refractivity contribution in [3.05, 3.63) is 0 Å². The Labute approximate surface area is 266 Å². The number of nitrogens with one attached hydrogen (secondary N) is 2. The van der Waals surface area contributed by atoms with Crippen LogP contribution in [0.5, 0.6) is 0 Å². The second-order valence-electron chi connectivity index (χ2n) is 11.1. The number of carbonyl (C=O) groups excluding carboxylic acids is 2. The number of carbonyl (C=O) groups is 3. The Morgan fingerprint density at radius 3 is 2.04 bits per heavy atom. The van der Waals surface area contributed by atoms with Crippen LogP contribution in [0.25, 0.3) is 0 Å². The van der Waals surface area contributed by atoms with Gasteiger partial charge in [0, 0.05) is 13.3 Å². The maximum Gasteiger partial charge on any atom is 0.364 e. The summed E-state index contributed by atoms with van der Waals surface area (Å²) < 4.78 is 21.7. The standard InChI is InChI=1S/C25H44N2O20/c1-8(32)26-9(3-28)16(37)21(12(35)5-30)46-23-20(41)19(40)18(39)13(45-23)7-44-25(24(42)43)2-10(33)15(27-14(36)6-31)22(47-25)17(38)11(34)4-29/h9-13,15-23,28-31,33-35,37-41H,2-7H2,1H3,(H,26,32)(H,27,36)(H,42,43)/t9-,10-,11+,12+,13+,15+,16+,17+,18-,19-,20+,21+,22+,23-,25+/m0/s1. The largest absolute Gasteiger partial charge is 0.477 e. The number of carboxylic acids is 1. The average Bonchev–Trinajstić information content (AvgIpc) is 3.04. The molecule has 0 radical (unpaired) electrons. The lowest BCUT2D eigenvalue weighted by molar-refractivity contribution is -0.348. The molecule has 0 aliphatic carbocycles. The molecule has 0 aromatic rings. The van der Waals surface area contributed by atoms with Crippen molar-refractivity contribution in [2.45, 2.75) is 105 Å². The van der Waals surface area contributed by atoms with Gasteiger partial charge in [-0.2, -0.15) is 0 Å². The summed E-state index contributed by atoms with van der Waals surface area (Å²) in [4.78, 5) is 35.7. The second kappa shape index (κ2) is 18.0. The van der Waals surface area contributed by atoms with Gasteiger partial charge >= 0.3 is 5.97 Å². The summed E-state index contributed by atoms with van der Waals surface area (Å²) in [6, 6.07) is -3.13. The fourth-order valence-corrected chi connectivity index (χ4v) is 5.04. The van der Waals surface area contributed by atoms with E-state index in [-0.39, 0.29) is 0 Å². The molecule has 15 N–H and O–H groups in total. The van der Waals surface area contributed by atoms with Crippen molar-refractivity contribution in [1.82, 2.24) is 10.6 Å². The summed E-state index contributed by atoms with van der Waals surface area (Å²) in [7, 11) is 0. The fraction of sp³-hybridized carbons (Fsp3) is 0.880. The number of hydrogen-bond donors (Lipinski definition) is 15. The molecule has 2 rings (SSSR count). The molecule has 0 unspecified atom stereocenters. The van der Waals surface area contributed by atoms with Crippen molar-refractivity contribution in [2.75, 3.05) is 33.0 Å². The maximum atomic E-state index is 12.4. The summed E-state index contributed by atoms with van der Waals surface area (Å²) in [6.07, 6.45) is -25.1. The SMILES string of the molecule is CC(=O)N[C@@H](CO)[C@@H](O)[C@H](O[C@@H]1O[C@H](CO[C@]2(C(=O)O)C[C@H](O)[C@@H](NC(=O)CO)[C@H]([C@H](O)[C@H](O)CO)O2)[C@H](O)[C@H](O)[C@H]1O)[C@H](O)CO. The number of rotatable bonds is 17. The highest BCUT2D eigenvalue weighted by Crippen LogP contribution is 2.35. The van der Waals surface area contributed by atoms with E-state index in [1.807, 2.05) is 0 Å². The topological polar surface area (TPSA) is 375 Å². The Balaban J connectivity index is 2.35. The Hall–Kier alpha value is -2.23. The predicted molar refractivity (Wildman–Crippen MR) is 145 cm³/mol. The van der Waals surface area contributed by atoms with Crippen LogP contribution in [0.4, 0.5) is 0 Å². The number of aliphatic hydroxyl groups is 12. The minimum Gasteiger partial charge on any atom is -0.477 e. The lowest BCUT2D eigenvalue weighted by Gasteiger charge is -2.47. The van der Waals surface area contributed by atoms with Crippen LogP contribution in [0.3, 0.4) is 0 Å². The van der Waals surface area contributed by atoms with Gasteiger partial charge in [-0.1, -0.05) is 0 Å². The third-order valence-electron chi connectivity index (χ3n) is 7.63. The molecule has 22 heteroatoms. The van der Waals surface area contributed by atoms with E-state index in [0.717, 1.165) is 6.92 Å². The molecule has 0 spiro atoms. The van der Waals surface area contributed by atoms with Crippen molar-refractivity contribution in [3.8, 4) is 0 Å². The van der Waals surface area contributed by atoms with E-state index in [4.69, 9.17) is 24.1 Å². The zero-order valence-electron chi connectivity index (χ0n) is 25.0. The number of aliphatic hydroxyl groups excluding tert-OH is 12. The van der Waals surface area contributed by atoms with Crippen molar-refractivity contribution < 1.29 is 99.7 Å². The Bertz CT molecular complexity index is 1030. The molecule has 2 aliphatic rings. The minimum atomic E-state index is -2.93. The smallest absolute Gasteiger partial charge is 0.364 e. The molecule has 2 aliphatic heterocycles. The fourth-order valence-electron chi connectivity index (χ4n) is 5.04. The molecule has 0 aromatic carbocycles. The maximum absolute atomic E-state index is 12.4. The Kier molecular flexibility index (Phi) is 15.6. The number of carboxylic acid groups (broad SMARTS) is 1. The van der Waals surface area contributed by atoms with E-state index >= 15 is 0 Å². The first-order valence-electron chi connectivity index (χ1n) is 14.3. The summed E-state index contributed by atoms with van der Waals surface area (Å²) in [6.45, 7) is -4.12. The van der Waals surface area contributed by atoms with Crippen LogP contribution in [0.2, 0.25) is 0 Å². The lowest BCUT2D eigenvalue weighted by Crippen LogP contribution is -2.68. The van der Waals surface area contributed by atoms with Gasteiger partial charge in [-0.3, -0.25) is 9.59 Å². The van der Waals surface area contributed by atoms with Gasteiger partial charge in [0.2, 0.25) is 11.8 Å². The van der Waals surface area contributed by atoms with Crippen LogP contribution in [-0.2, 0) is 33.3 Å². The van der Waals surface area contributed by atoms with Gasteiger partial charge in [-0.25, -0.2) is 4.79 Å². The third-order valence-corrected chi connectivity index (χ3v) is 7.63. The molecule has 2 saturated heterocycles. The van der Waals surface area contributed by atoms with Crippen LogP contribution in [0.15, 0.2) is 0 Å².